The fraction of sp³-hybridized carbons (Fsp3) is 0.333. The molecule has 0 heterocycles. The zero-order valence-corrected chi connectivity index (χ0v) is 15.2. The summed E-state index contributed by atoms with van der Waals surface area (Å²) in [5.41, 5.74) is 7.41. The van der Waals surface area contributed by atoms with E-state index in [9.17, 15) is 10.1 Å². The lowest BCUT2D eigenvalue weighted by molar-refractivity contribution is -0.115. The quantitative estimate of drug-likeness (QED) is 0.273. The zero-order chi connectivity index (χ0) is 19.5. The summed E-state index contributed by atoms with van der Waals surface area (Å²) in [7, 11) is 0. The smallest absolute Gasteiger partial charge is 0.173 e. The Morgan fingerprint density at radius 1 is 1.07 bits per heavy atom. The lowest BCUT2D eigenvalue weighted by atomic mass is 10.0. The number of ketones is 1. The van der Waals surface area contributed by atoms with Crippen molar-refractivity contribution in [1.82, 2.24) is 0 Å². The fourth-order valence-electron chi connectivity index (χ4n) is 2.57. The first-order chi connectivity index (χ1) is 13.1. The van der Waals surface area contributed by atoms with Crippen LogP contribution in [0.3, 0.4) is 0 Å². The van der Waals surface area contributed by atoms with Gasteiger partial charge in [-0.25, -0.2) is 0 Å². The Hall–Kier alpha value is -2.72. The van der Waals surface area contributed by atoms with Gasteiger partial charge in [-0.3, -0.25) is 4.79 Å². The molecule has 0 aliphatic rings. The molecule has 2 aromatic carbocycles. The maximum Gasteiger partial charge on any atom is 0.173 e. The van der Waals surface area contributed by atoms with Crippen molar-refractivity contribution < 1.29 is 19.4 Å². The van der Waals surface area contributed by atoms with E-state index in [1.165, 1.54) is 0 Å². The molecule has 6 heteroatoms. The summed E-state index contributed by atoms with van der Waals surface area (Å²) in [4.78, 5) is 12.2. The number of carbonyl (C=O) groups is 1. The highest BCUT2D eigenvalue weighted by Gasteiger charge is 2.09. The Morgan fingerprint density at radius 3 is 2.52 bits per heavy atom. The monoisotopic (exact) mass is 368 g/mol. The van der Waals surface area contributed by atoms with Crippen LogP contribution in [0.4, 0.5) is 5.69 Å². The molecule has 2 rings (SSSR count). The highest BCUT2D eigenvalue weighted by Crippen LogP contribution is 2.20. The first-order valence-corrected chi connectivity index (χ1v) is 8.84. The van der Waals surface area contributed by atoms with Gasteiger partial charge < -0.3 is 20.3 Å². The number of nitriles is 1. The maximum absolute atomic E-state index is 12.2. The van der Waals surface area contributed by atoms with E-state index in [2.05, 4.69) is 0 Å². The van der Waals surface area contributed by atoms with Crippen LogP contribution < -0.4 is 5.73 Å². The second-order valence-electron chi connectivity index (χ2n) is 6.01. The summed E-state index contributed by atoms with van der Waals surface area (Å²) in [5.74, 6) is -0.199. The zero-order valence-electron chi connectivity index (χ0n) is 15.2. The molecule has 0 saturated carbocycles. The summed E-state index contributed by atoms with van der Waals surface area (Å²) in [6, 6.07) is 13.3. The number of rotatable bonds is 11. The maximum atomic E-state index is 12.2. The second-order valence-corrected chi connectivity index (χ2v) is 6.01. The summed E-state index contributed by atoms with van der Waals surface area (Å²) in [6.45, 7) is 1.52. The van der Waals surface area contributed by atoms with E-state index in [1.54, 1.807) is 6.08 Å². The van der Waals surface area contributed by atoms with Crippen LogP contribution in [0.2, 0.25) is 0 Å². The number of Topliss-reactive ketones (excluding diaryl/α,β-unsaturated/α-hetero) is 1. The molecule has 0 saturated heterocycles. The van der Waals surface area contributed by atoms with Crippen LogP contribution >= 0.6 is 0 Å². The minimum atomic E-state index is -0.199. The predicted molar refractivity (Wildman–Crippen MR) is 105 cm³/mol. The fourth-order valence-corrected chi connectivity index (χ4v) is 2.57. The van der Waals surface area contributed by atoms with E-state index in [4.69, 9.17) is 20.3 Å². The van der Waals surface area contributed by atoms with Gasteiger partial charge in [0.15, 0.2) is 5.78 Å². The van der Waals surface area contributed by atoms with Crippen LogP contribution in [-0.2, 0) is 14.3 Å². The molecule has 2 aromatic rings. The Morgan fingerprint density at radius 2 is 1.78 bits per heavy atom. The van der Waals surface area contributed by atoms with E-state index >= 15 is 0 Å². The summed E-state index contributed by atoms with van der Waals surface area (Å²) < 4.78 is 10.4. The van der Waals surface area contributed by atoms with Crippen molar-refractivity contribution in [1.29, 1.82) is 5.26 Å². The number of hydrogen-bond acceptors (Lipinski definition) is 6. The molecule has 0 bridgehead atoms. The molecule has 0 radical (unpaired) electrons. The lowest BCUT2D eigenvalue weighted by Gasteiger charge is -2.05. The molecule has 27 heavy (non-hydrogen) atoms. The van der Waals surface area contributed by atoms with Crippen molar-refractivity contribution in [3.8, 4) is 6.07 Å². The summed E-state index contributed by atoms with van der Waals surface area (Å²) >= 11 is 0. The average molecular weight is 368 g/mol. The molecule has 0 atom stereocenters. The van der Waals surface area contributed by atoms with Gasteiger partial charge in [0, 0.05) is 18.7 Å². The first kappa shape index (κ1) is 20.6. The van der Waals surface area contributed by atoms with E-state index in [1.807, 2.05) is 42.5 Å². The van der Waals surface area contributed by atoms with Crippen molar-refractivity contribution in [2.75, 3.05) is 38.8 Å². The molecule has 0 fully saturated rings. The number of nitrogen functional groups attached to an aromatic ring is 1. The van der Waals surface area contributed by atoms with Gasteiger partial charge in [-0.2, -0.15) is 5.26 Å². The third-order valence-electron chi connectivity index (χ3n) is 3.92. The predicted octanol–water partition coefficient (Wildman–Crippen LogP) is 2.70. The van der Waals surface area contributed by atoms with Gasteiger partial charge in [-0.05, 0) is 47.0 Å². The van der Waals surface area contributed by atoms with E-state index in [0.29, 0.717) is 38.5 Å². The Bertz CT molecular complexity index is 840. The van der Waals surface area contributed by atoms with Gasteiger partial charge in [0.1, 0.15) is 6.07 Å². The highest BCUT2D eigenvalue weighted by atomic mass is 16.5. The molecule has 3 N–H and O–H groups in total. The van der Waals surface area contributed by atoms with Crippen molar-refractivity contribution in [2.24, 2.45) is 0 Å². The molecule has 0 aliphatic carbocycles. The number of nitrogens with two attached hydrogens (primary N) is 1. The van der Waals surface area contributed by atoms with E-state index in [-0.39, 0.29) is 24.4 Å². The molecule has 0 amide bonds. The molecular formula is C21H24N2O4. The molecule has 0 aromatic heterocycles. The highest BCUT2D eigenvalue weighted by molar-refractivity contribution is 6.03. The van der Waals surface area contributed by atoms with Crippen LogP contribution in [-0.4, -0.2) is 43.9 Å². The number of hydrogen-bond donors (Lipinski definition) is 2. The number of nitrogens with zero attached hydrogens (tertiary/aromatic N) is 1. The van der Waals surface area contributed by atoms with Crippen molar-refractivity contribution >= 4 is 28.3 Å². The molecular weight excluding hydrogens is 344 g/mol. The molecule has 142 valence electrons. The average Bonchev–Trinajstić information content (AvgIpc) is 2.68. The number of anilines is 1. The molecule has 0 spiro atoms. The minimum absolute atomic E-state index is 0.0109. The summed E-state index contributed by atoms with van der Waals surface area (Å²) in [5, 5.41) is 19.9. The number of carbonyl (C=O) groups excluding carboxylic acids is 1. The summed E-state index contributed by atoms with van der Waals surface area (Å²) in [6.07, 6.45) is 2.40. The van der Waals surface area contributed by atoms with Crippen LogP contribution in [0.15, 0.2) is 42.0 Å². The second kappa shape index (κ2) is 11.1. The largest absolute Gasteiger partial charge is 0.399 e. The first-order valence-electron chi connectivity index (χ1n) is 8.84. The van der Waals surface area contributed by atoms with Crippen LogP contribution in [0.25, 0.3) is 16.8 Å². The number of fused-ring (bicyclic) bond motifs is 1. The number of aliphatic hydroxyl groups excluding tert-OH is 1. The van der Waals surface area contributed by atoms with Crippen molar-refractivity contribution in [3.05, 3.63) is 47.5 Å². The van der Waals surface area contributed by atoms with Gasteiger partial charge in [-0.15, -0.1) is 0 Å². The SMILES string of the molecule is N#C/C(=C\c1ccc2cc(N)ccc2c1)C(=O)CCCOCCOCCO. The van der Waals surface area contributed by atoms with Crippen molar-refractivity contribution in [3.63, 3.8) is 0 Å². The topological polar surface area (TPSA) is 106 Å². The molecule has 0 aliphatic heterocycles. The number of benzene rings is 2. The van der Waals surface area contributed by atoms with Crippen molar-refractivity contribution in [2.45, 2.75) is 12.8 Å². The number of aliphatic hydroxyl groups is 1. The third-order valence-corrected chi connectivity index (χ3v) is 3.92. The minimum Gasteiger partial charge on any atom is -0.399 e. The van der Waals surface area contributed by atoms with Crippen LogP contribution in [0.1, 0.15) is 18.4 Å². The Labute approximate surface area is 158 Å². The van der Waals surface area contributed by atoms with Crippen LogP contribution in [0.5, 0.6) is 0 Å². The van der Waals surface area contributed by atoms with Gasteiger partial charge in [0.05, 0.1) is 32.0 Å². The van der Waals surface area contributed by atoms with Gasteiger partial charge in [0.2, 0.25) is 0 Å². The van der Waals surface area contributed by atoms with E-state index < -0.39 is 0 Å². The molecule has 6 nitrogen and oxygen atoms in total. The molecule has 0 unspecified atom stereocenters. The van der Waals surface area contributed by atoms with E-state index in [0.717, 1.165) is 16.3 Å². The lowest BCUT2D eigenvalue weighted by Crippen LogP contribution is -2.09. The van der Waals surface area contributed by atoms with Gasteiger partial charge in [0.25, 0.3) is 0 Å². The number of ether oxygens (including phenoxy) is 2. The Balaban J connectivity index is 1.87. The third kappa shape index (κ3) is 6.83. The normalized spacial score (nSPS) is 11.5. The number of allylic oxidation sites excluding steroid dienone is 1. The van der Waals surface area contributed by atoms with Crippen LogP contribution in [0, 0.1) is 11.3 Å². The van der Waals surface area contributed by atoms with Gasteiger partial charge in [-0.1, -0.05) is 18.2 Å². The standard InChI is InChI=1S/C21H24N2O4/c22-15-19(21(25)2-1-8-26-10-11-27-9-7-24)13-16-3-4-18-14-20(23)6-5-17(18)12-16/h3-6,12-14,24H,1-2,7-11,23H2/b19-13+. The Kier molecular flexibility index (Phi) is 8.46. The van der Waals surface area contributed by atoms with Gasteiger partial charge >= 0.3 is 0 Å².